The number of benzene rings is 5. The molecule has 4 aromatic heterocycles. The van der Waals surface area contributed by atoms with Gasteiger partial charge in [-0.2, -0.15) is 11.3 Å². The molecule has 0 atom stereocenters. The number of fused-ring (bicyclic) bond motifs is 5. The Hall–Kier alpha value is -4.94. The van der Waals surface area contributed by atoms with Gasteiger partial charge in [0.05, 0.1) is 22.1 Å². The van der Waals surface area contributed by atoms with Gasteiger partial charge in [-0.05, 0) is 48.9 Å². The molecule has 9 rings (SSSR count). The van der Waals surface area contributed by atoms with E-state index in [-0.39, 0.29) is 25.9 Å². The molecule has 0 saturated carbocycles. The van der Waals surface area contributed by atoms with Crippen molar-refractivity contribution in [1.82, 2.24) is 19.5 Å². The maximum absolute atomic E-state index is 8.01. The fourth-order valence-electron chi connectivity index (χ4n) is 5.36. The number of furan rings is 1. The molecule has 4 heterocycles. The van der Waals surface area contributed by atoms with Crippen molar-refractivity contribution < 1.29 is 28.6 Å². The van der Waals surface area contributed by atoms with Gasteiger partial charge >= 0.3 is 0 Å². The van der Waals surface area contributed by atoms with E-state index < -0.39 is 6.85 Å². The summed E-state index contributed by atoms with van der Waals surface area (Å²) in [6, 6.07) is 45.2. The van der Waals surface area contributed by atoms with Crippen molar-refractivity contribution >= 4 is 54.5 Å². The molecule has 0 fully saturated rings. The first-order chi connectivity index (χ1) is 22.9. The first-order valence-electron chi connectivity index (χ1n) is 15.5. The molecule has 0 spiro atoms. The second kappa shape index (κ2) is 12.2. The van der Waals surface area contributed by atoms with Crippen LogP contribution in [0.25, 0.3) is 70.7 Å². The number of aromatic nitrogens is 4. The van der Waals surface area contributed by atoms with Crippen molar-refractivity contribution in [1.29, 1.82) is 0 Å². The van der Waals surface area contributed by atoms with Crippen molar-refractivity contribution in [2.75, 3.05) is 0 Å². The quantitative estimate of drug-likeness (QED) is 0.168. The second-order valence-corrected chi connectivity index (χ2v) is 11.1. The van der Waals surface area contributed by atoms with Crippen LogP contribution in [0.2, 0.25) is 0 Å². The number of aryl methyl sites for hydroxylation is 1. The Morgan fingerprint density at radius 1 is 0.778 bits per heavy atom. The number of para-hydroxylation sites is 2. The predicted molar refractivity (Wildman–Crippen MR) is 179 cm³/mol. The molecule has 5 aromatic carbocycles. The zero-order chi connectivity index (χ0) is 32.0. The van der Waals surface area contributed by atoms with Crippen LogP contribution in [0.1, 0.15) is 9.94 Å². The Balaban J connectivity index is 0.000000191. The normalized spacial score (nSPS) is 12.3. The van der Waals surface area contributed by atoms with Gasteiger partial charge in [-0.1, -0.05) is 53.4 Å². The van der Waals surface area contributed by atoms with E-state index in [0.717, 1.165) is 43.8 Å². The van der Waals surface area contributed by atoms with Gasteiger partial charge in [-0.25, -0.2) is 4.98 Å². The summed E-state index contributed by atoms with van der Waals surface area (Å²) in [5.74, 6) is 0.0261. The van der Waals surface area contributed by atoms with E-state index in [2.05, 4.69) is 33.2 Å². The van der Waals surface area contributed by atoms with Gasteiger partial charge in [0.25, 0.3) is 0 Å². The molecule has 0 amide bonds. The van der Waals surface area contributed by atoms with E-state index >= 15 is 0 Å². The maximum Gasteiger partial charge on any atom is 0.123 e. The third kappa shape index (κ3) is 5.36. The first-order valence-corrected chi connectivity index (χ1v) is 14.8. The van der Waals surface area contributed by atoms with Crippen molar-refractivity contribution in [3.05, 3.63) is 145 Å². The Bertz CT molecular complexity index is 2480. The molecule has 219 valence electrons. The summed E-state index contributed by atoms with van der Waals surface area (Å²) in [4.78, 5) is 13.5. The molecule has 9 aromatic rings. The van der Waals surface area contributed by atoms with Crippen LogP contribution in [0.5, 0.6) is 0 Å². The van der Waals surface area contributed by atoms with E-state index in [1.54, 1.807) is 22.1 Å². The number of thiazole rings is 1. The third-order valence-electron chi connectivity index (χ3n) is 7.38. The molecule has 0 aliphatic heterocycles. The van der Waals surface area contributed by atoms with Crippen LogP contribution < -0.4 is 0 Å². The van der Waals surface area contributed by atoms with Gasteiger partial charge in [-0.15, -0.1) is 54.1 Å². The zero-order valence-electron chi connectivity index (χ0n) is 26.6. The van der Waals surface area contributed by atoms with E-state index in [1.807, 2.05) is 115 Å². The smallest absolute Gasteiger partial charge is 0.123 e. The monoisotopic (exact) mass is 780 g/mol. The molecule has 0 unspecified atom stereocenters. The minimum Gasteiger partial charge on any atom is -0.501 e. The molecule has 0 bridgehead atoms. The molecular formula is C38H24IrN4OS-2. The van der Waals surface area contributed by atoms with Crippen LogP contribution in [0.3, 0.4) is 0 Å². The van der Waals surface area contributed by atoms with Gasteiger partial charge in [0.15, 0.2) is 0 Å². The van der Waals surface area contributed by atoms with Gasteiger partial charge < -0.3 is 9.40 Å². The van der Waals surface area contributed by atoms with Crippen LogP contribution >= 0.6 is 11.3 Å². The summed E-state index contributed by atoms with van der Waals surface area (Å²) in [7, 11) is 0. The van der Waals surface area contributed by atoms with Crippen molar-refractivity contribution in [2.45, 2.75) is 6.85 Å². The summed E-state index contributed by atoms with van der Waals surface area (Å²) in [5.41, 5.74) is 7.05. The third-order valence-corrected chi connectivity index (χ3v) is 8.45. The summed E-state index contributed by atoms with van der Waals surface area (Å²) in [5, 5.41) is 2.82. The molecular weight excluding hydrogens is 753 g/mol. The number of pyridine rings is 1. The van der Waals surface area contributed by atoms with Crippen molar-refractivity contribution in [3.63, 3.8) is 0 Å². The molecule has 0 N–H and O–H groups in total. The fraction of sp³-hybridized carbons (Fsp3) is 0.0263. The number of rotatable bonds is 3. The molecule has 0 saturated heterocycles. The largest absolute Gasteiger partial charge is 0.501 e. The van der Waals surface area contributed by atoms with Gasteiger partial charge in [0.1, 0.15) is 11.4 Å². The summed E-state index contributed by atoms with van der Waals surface area (Å²) in [6.45, 7) is -2.36. The van der Waals surface area contributed by atoms with Crippen LogP contribution in [0.15, 0.2) is 132 Å². The zero-order valence-corrected chi connectivity index (χ0v) is 26.8. The minimum atomic E-state index is -2.36. The first kappa shape index (κ1) is 25.4. The summed E-state index contributed by atoms with van der Waals surface area (Å²) >= 11 is 1.71. The van der Waals surface area contributed by atoms with Gasteiger partial charge in [0.2, 0.25) is 0 Å². The molecule has 0 aliphatic rings. The van der Waals surface area contributed by atoms with E-state index in [0.29, 0.717) is 22.2 Å². The van der Waals surface area contributed by atoms with Crippen LogP contribution in [0.4, 0.5) is 0 Å². The summed E-state index contributed by atoms with van der Waals surface area (Å²) in [6.07, 6.45) is 1.74. The molecule has 1 radical (unpaired) electrons. The van der Waals surface area contributed by atoms with E-state index in [1.165, 1.54) is 4.70 Å². The molecule has 0 aliphatic carbocycles. The Morgan fingerprint density at radius 3 is 2.42 bits per heavy atom. The van der Waals surface area contributed by atoms with E-state index in [9.17, 15) is 0 Å². The van der Waals surface area contributed by atoms with Gasteiger partial charge in [0, 0.05) is 57.3 Å². The fourth-order valence-corrected chi connectivity index (χ4v) is 6.32. The van der Waals surface area contributed by atoms with Crippen LogP contribution in [-0.2, 0) is 20.1 Å². The molecule has 7 heteroatoms. The second-order valence-electron chi connectivity index (χ2n) is 10.1. The number of hydrogen-bond acceptors (Lipinski definition) is 5. The van der Waals surface area contributed by atoms with E-state index in [4.69, 9.17) is 8.53 Å². The Morgan fingerprint density at radius 2 is 1.62 bits per heavy atom. The number of imidazole rings is 1. The Labute approximate surface area is 281 Å². The number of nitrogens with zero attached hydrogens (tertiary/aromatic N) is 4. The predicted octanol–water partition coefficient (Wildman–Crippen LogP) is 9.86. The topological polar surface area (TPSA) is 56.7 Å². The van der Waals surface area contributed by atoms with Gasteiger partial charge in [-0.3, -0.25) is 9.55 Å². The van der Waals surface area contributed by atoms with Crippen molar-refractivity contribution in [3.8, 4) is 27.5 Å². The average molecular weight is 780 g/mol. The maximum atomic E-state index is 8.01. The van der Waals surface area contributed by atoms with Crippen LogP contribution in [-0.4, -0.2) is 19.5 Å². The van der Waals surface area contributed by atoms with Crippen LogP contribution in [0, 0.1) is 19.0 Å². The summed E-state index contributed by atoms with van der Waals surface area (Å²) < 4.78 is 33.2. The number of hydrogen-bond donors (Lipinski definition) is 0. The SMILES string of the molecule is [2H]C([2H])([2H])c1nc2cc3c(cc2n1-c1ccccc1)oc1c(-c2ccccn2)[c-]ccc13.[Ir].[c-]1ccccc1-c1nc2ccccc2s1. The molecule has 45 heavy (non-hydrogen) atoms. The minimum absolute atomic E-state index is 0. The standard InChI is InChI=1S/C25H16N3O.C13H8NS.Ir/c1-16-27-22-14-20-18-10-7-11-19(21-12-5-6-13-26-21)25(18)29-24(20)15-23(22)28(16)17-8-3-2-4-9-17;1-2-6-10(7-3-1)13-14-11-8-4-5-9-12(11)15-13;/h2-10,12-15H,1H3;1-6,8-9H;/q2*-1;/i1D3;;. The van der Waals surface area contributed by atoms with Crippen molar-refractivity contribution in [2.24, 2.45) is 0 Å². The Kier molecular flexibility index (Phi) is 6.89. The average Bonchev–Trinajstić information content (AvgIpc) is 3.82. The molecule has 5 nitrogen and oxygen atoms in total.